The van der Waals surface area contributed by atoms with Crippen LogP contribution in [0.3, 0.4) is 0 Å². The summed E-state index contributed by atoms with van der Waals surface area (Å²) in [5, 5.41) is 3.41. The first-order valence-electron chi connectivity index (χ1n) is 7.98. The average molecular weight is 292 g/mol. The molecule has 1 aromatic rings. The molecule has 0 atom stereocenters. The van der Waals surface area contributed by atoms with Crippen LogP contribution in [0, 0.1) is 19.8 Å². The summed E-state index contributed by atoms with van der Waals surface area (Å²) in [6, 6.07) is 0. The highest BCUT2D eigenvalue weighted by atomic mass is 16.5. The second-order valence-electron chi connectivity index (χ2n) is 5.88. The molecule has 1 aromatic heterocycles. The Morgan fingerprint density at radius 2 is 1.95 bits per heavy atom. The van der Waals surface area contributed by atoms with Gasteiger partial charge in [-0.05, 0) is 39.0 Å². The maximum Gasteiger partial charge on any atom is 0.137 e. The van der Waals surface area contributed by atoms with E-state index in [2.05, 4.69) is 34.0 Å². The van der Waals surface area contributed by atoms with E-state index in [0.717, 1.165) is 50.1 Å². The van der Waals surface area contributed by atoms with E-state index in [1.165, 1.54) is 18.4 Å². The predicted molar refractivity (Wildman–Crippen MR) is 87.1 cm³/mol. The molecule has 0 amide bonds. The van der Waals surface area contributed by atoms with E-state index in [4.69, 9.17) is 4.74 Å². The van der Waals surface area contributed by atoms with Gasteiger partial charge in [-0.1, -0.05) is 6.92 Å². The van der Waals surface area contributed by atoms with Gasteiger partial charge in [0.2, 0.25) is 0 Å². The summed E-state index contributed by atoms with van der Waals surface area (Å²) < 4.78 is 5.27. The van der Waals surface area contributed by atoms with Crippen LogP contribution in [-0.2, 0) is 4.74 Å². The van der Waals surface area contributed by atoms with Gasteiger partial charge in [-0.2, -0.15) is 0 Å². The third-order valence-electron chi connectivity index (χ3n) is 4.09. The van der Waals surface area contributed by atoms with Gasteiger partial charge in [0.25, 0.3) is 0 Å². The molecule has 21 heavy (non-hydrogen) atoms. The van der Waals surface area contributed by atoms with Crippen LogP contribution < -0.4 is 10.2 Å². The fraction of sp³-hybridized carbons (Fsp3) is 0.750. The zero-order valence-corrected chi connectivity index (χ0v) is 13.8. The Kier molecular flexibility index (Phi) is 5.79. The van der Waals surface area contributed by atoms with E-state index in [0.29, 0.717) is 5.92 Å². The van der Waals surface area contributed by atoms with Gasteiger partial charge in [0.15, 0.2) is 0 Å². The third-order valence-corrected chi connectivity index (χ3v) is 4.09. The minimum atomic E-state index is 0.687. The highest BCUT2D eigenvalue weighted by Gasteiger charge is 2.22. The molecule has 0 aliphatic carbocycles. The van der Waals surface area contributed by atoms with Crippen LogP contribution >= 0.6 is 0 Å². The van der Waals surface area contributed by atoms with Gasteiger partial charge in [-0.25, -0.2) is 9.97 Å². The van der Waals surface area contributed by atoms with E-state index < -0.39 is 0 Å². The lowest BCUT2D eigenvalue weighted by atomic mass is 9.97. The zero-order chi connectivity index (χ0) is 15.2. The molecular formula is C16H28N4O. The Balaban J connectivity index is 2.11. The number of nitrogens with one attached hydrogen (secondary N) is 1. The van der Waals surface area contributed by atoms with E-state index in [9.17, 15) is 0 Å². The van der Waals surface area contributed by atoms with Gasteiger partial charge in [-0.3, -0.25) is 0 Å². The quantitative estimate of drug-likeness (QED) is 0.873. The average Bonchev–Trinajstić information content (AvgIpc) is 2.49. The number of nitrogens with zero attached hydrogens (tertiary/aromatic N) is 3. The first-order chi connectivity index (χ1) is 10.2. The standard InChI is InChI=1S/C16H28N4O/c1-5-8-17-15-12(2)16(19-13(3)18-15)20-9-6-14(7-10-20)11-21-4/h14H,5-11H2,1-4H3,(H,17,18,19). The zero-order valence-electron chi connectivity index (χ0n) is 13.8. The van der Waals surface area contributed by atoms with Crippen molar-refractivity contribution in [2.75, 3.05) is 43.6 Å². The predicted octanol–water partition coefficient (Wildman–Crippen LogP) is 2.78. The molecule has 0 saturated carbocycles. The lowest BCUT2D eigenvalue weighted by Crippen LogP contribution is -2.36. The largest absolute Gasteiger partial charge is 0.384 e. The SMILES string of the molecule is CCCNc1nc(C)nc(N2CCC(COC)CC2)c1C. The van der Waals surface area contributed by atoms with Gasteiger partial charge < -0.3 is 15.0 Å². The van der Waals surface area contributed by atoms with Crippen molar-refractivity contribution in [2.45, 2.75) is 40.0 Å². The van der Waals surface area contributed by atoms with Gasteiger partial charge in [0.1, 0.15) is 17.5 Å². The van der Waals surface area contributed by atoms with Crippen LogP contribution in [0.25, 0.3) is 0 Å². The smallest absolute Gasteiger partial charge is 0.137 e. The fourth-order valence-corrected chi connectivity index (χ4v) is 2.88. The van der Waals surface area contributed by atoms with Crippen molar-refractivity contribution in [3.63, 3.8) is 0 Å². The molecule has 1 fully saturated rings. The summed E-state index contributed by atoms with van der Waals surface area (Å²) in [4.78, 5) is 11.6. The number of aryl methyl sites for hydroxylation is 1. The van der Waals surface area contributed by atoms with Crippen molar-refractivity contribution in [1.82, 2.24) is 9.97 Å². The van der Waals surface area contributed by atoms with Crippen LogP contribution in [0.1, 0.15) is 37.6 Å². The lowest BCUT2D eigenvalue weighted by molar-refractivity contribution is 0.139. The molecule has 1 aliphatic heterocycles. The van der Waals surface area contributed by atoms with Crippen molar-refractivity contribution >= 4 is 11.6 Å². The number of ether oxygens (including phenoxy) is 1. The second kappa shape index (κ2) is 7.59. The first-order valence-corrected chi connectivity index (χ1v) is 7.98. The van der Waals surface area contributed by atoms with Gasteiger partial charge in [0, 0.05) is 38.9 Å². The van der Waals surface area contributed by atoms with Crippen LogP contribution in [0.4, 0.5) is 11.6 Å². The number of piperidine rings is 1. The van der Waals surface area contributed by atoms with Crippen molar-refractivity contribution in [3.8, 4) is 0 Å². The van der Waals surface area contributed by atoms with Crippen LogP contribution in [0.2, 0.25) is 0 Å². The van der Waals surface area contributed by atoms with E-state index in [1.54, 1.807) is 7.11 Å². The summed E-state index contributed by atoms with van der Waals surface area (Å²) in [5.41, 5.74) is 1.17. The van der Waals surface area contributed by atoms with Gasteiger partial charge >= 0.3 is 0 Å². The Labute approximate surface area is 128 Å². The summed E-state index contributed by atoms with van der Waals surface area (Å²) in [7, 11) is 1.79. The summed E-state index contributed by atoms with van der Waals surface area (Å²) in [6.07, 6.45) is 3.45. The highest BCUT2D eigenvalue weighted by Crippen LogP contribution is 2.27. The van der Waals surface area contributed by atoms with Gasteiger partial charge in [-0.15, -0.1) is 0 Å². The molecule has 5 nitrogen and oxygen atoms in total. The third kappa shape index (κ3) is 4.06. The molecule has 0 aromatic carbocycles. The molecular weight excluding hydrogens is 264 g/mol. The molecule has 5 heteroatoms. The summed E-state index contributed by atoms with van der Waals surface area (Å²) >= 11 is 0. The van der Waals surface area contributed by atoms with Crippen molar-refractivity contribution in [3.05, 3.63) is 11.4 Å². The first kappa shape index (κ1) is 16.0. The Morgan fingerprint density at radius 3 is 2.57 bits per heavy atom. The van der Waals surface area contributed by atoms with E-state index in [1.807, 2.05) is 6.92 Å². The monoisotopic (exact) mass is 292 g/mol. The summed E-state index contributed by atoms with van der Waals surface area (Å²) in [6.45, 7) is 10.2. The molecule has 0 unspecified atom stereocenters. The molecule has 0 bridgehead atoms. The van der Waals surface area contributed by atoms with Crippen molar-refractivity contribution in [1.29, 1.82) is 0 Å². The maximum atomic E-state index is 5.27. The van der Waals surface area contributed by atoms with Crippen LogP contribution in [0.15, 0.2) is 0 Å². The number of methoxy groups -OCH3 is 1. The Bertz CT molecular complexity index is 456. The molecule has 1 saturated heterocycles. The number of hydrogen-bond donors (Lipinski definition) is 1. The second-order valence-corrected chi connectivity index (χ2v) is 5.88. The molecule has 1 aliphatic rings. The fourth-order valence-electron chi connectivity index (χ4n) is 2.88. The Hall–Kier alpha value is -1.36. The Morgan fingerprint density at radius 1 is 1.24 bits per heavy atom. The molecule has 118 valence electrons. The van der Waals surface area contributed by atoms with Crippen LogP contribution in [0.5, 0.6) is 0 Å². The molecule has 2 rings (SSSR count). The molecule has 0 spiro atoms. The molecule has 2 heterocycles. The minimum absolute atomic E-state index is 0.687. The van der Waals surface area contributed by atoms with Crippen LogP contribution in [-0.4, -0.2) is 43.3 Å². The number of anilines is 2. The topological polar surface area (TPSA) is 50.3 Å². The number of aromatic nitrogens is 2. The minimum Gasteiger partial charge on any atom is -0.384 e. The number of rotatable bonds is 6. The molecule has 0 radical (unpaired) electrons. The molecule has 1 N–H and O–H groups in total. The van der Waals surface area contributed by atoms with Crippen molar-refractivity contribution in [2.24, 2.45) is 5.92 Å². The summed E-state index contributed by atoms with van der Waals surface area (Å²) in [5.74, 6) is 3.61. The maximum absolute atomic E-state index is 5.27. The number of hydrogen-bond acceptors (Lipinski definition) is 5. The lowest BCUT2D eigenvalue weighted by Gasteiger charge is -2.33. The van der Waals surface area contributed by atoms with Gasteiger partial charge in [0.05, 0.1) is 0 Å². The highest BCUT2D eigenvalue weighted by molar-refractivity contribution is 5.58. The van der Waals surface area contributed by atoms with E-state index in [-0.39, 0.29) is 0 Å². The van der Waals surface area contributed by atoms with Crippen molar-refractivity contribution < 1.29 is 4.74 Å². The normalized spacial score (nSPS) is 16.3. The van der Waals surface area contributed by atoms with E-state index >= 15 is 0 Å².